The Morgan fingerprint density at radius 3 is 2.81 bits per heavy atom. The molecular formula is C17H14Br2N4O2S. The predicted molar refractivity (Wildman–Crippen MR) is 108 cm³/mol. The van der Waals surface area contributed by atoms with E-state index < -0.39 is 0 Å². The Kier molecular flexibility index (Phi) is 6.70. The summed E-state index contributed by atoms with van der Waals surface area (Å²) < 4.78 is 7.31. The molecule has 2 N–H and O–H groups in total. The first-order chi connectivity index (χ1) is 12.6. The Bertz CT molecular complexity index is 889. The zero-order chi connectivity index (χ0) is 18.4. The van der Waals surface area contributed by atoms with Gasteiger partial charge < -0.3 is 10.1 Å². The van der Waals surface area contributed by atoms with Gasteiger partial charge >= 0.3 is 0 Å². The summed E-state index contributed by atoms with van der Waals surface area (Å²) in [5, 5.41) is 10.3. The van der Waals surface area contributed by atoms with Crippen molar-refractivity contribution in [3.63, 3.8) is 0 Å². The minimum Gasteiger partial charge on any atom is -0.486 e. The van der Waals surface area contributed by atoms with Crippen LogP contribution in [-0.4, -0.2) is 26.8 Å². The van der Waals surface area contributed by atoms with E-state index in [1.54, 1.807) is 0 Å². The molecule has 3 aromatic rings. The lowest BCUT2D eigenvalue weighted by Crippen LogP contribution is -2.14. The highest BCUT2D eigenvalue weighted by molar-refractivity contribution is 9.11. The first-order valence-corrected chi connectivity index (χ1v) is 10.1. The molecule has 0 spiro atoms. The lowest BCUT2D eigenvalue weighted by molar-refractivity contribution is -0.113. The molecule has 1 aromatic heterocycles. The molecule has 26 heavy (non-hydrogen) atoms. The molecule has 1 amide bonds. The number of aromatic amines is 1. The highest BCUT2D eigenvalue weighted by atomic mass is 79.9. The van der Waals surface area contributed by atoms with Gasteiger partial charge in [-0.05, 0) is 46.3 Å². The summed E-state index contributed by atoms with van der Waals surface area (Å²) in [6.45, 7) is 0.286. The Morgan fingerprint density at radius 2 is 2.00 bits per heavy atom. The van der Waals surface area contributed by atoms with Crippen molar-refractivity contribution < 1.29 is 9.53 Å². The van der Waals surface area contributed by atoms with Crippen molar-refractivity contribution in [1.82, 2.24) is 15.2 Å². The van der Waals surface area contributed by atoms with Crippen LogP contribution in [0, 0.1) is 0 Å². The fraction of sp³-hybridized carbons (Fsp3) is 0.118. The topological polar surface area (TPSA) is 79.9 Å². The molecule has 2 aromatic carbocycles. The lowest BCUT2D eigenvalue weighted by Gasteiger charge is -2.07. The SMILES string of the molecule is O=C(CSc1n[nH]c(COc2ccccc2)n1)Nc1cc(Br)ccc1Br. The summed E-state index contributed by atoms with van der Waals surface area (Å²) in [6.07, 6.45) is 0. The third-order valence-electron chi connectivity index (χ3n) is 3.16. The average molecular weight is 498 g/mol. The van der Waals surface area contributed by atoms with Gasteiger partial charge in [0, 0.05) is 8.95 Å². The maximum Gasteiger partial charge on any atom is 0.234 e. The van der Waals surface area contributed by atoms with Crippen LogP contribution in [-0.2, 0) is 11.4 Å². The molecule has 9 heteroatoms. The van der Waals surface area contributed by atoms with Gasteiger partial charge in [-0.25, -0.2) is 4.98 Å². The van der Waals surface area contributed by atoms with E-state index in [1.807, 2.05) is 48.5 Å². The average Bonchev–Trinajstić information content (AvgIpc) is 3.10. The van der Waals surface area contributed by atoms with Crippen LogP contribution in [0.25, 0.3) is 0 Å². The largest absolute Gasteiger partial charge is 0.486 e. The van der Waals surface area contributed by atoms with Gasteiger partial charge in [0.25, 0.3) is 0 Å². The Hall–Kier alpha value is -1.84. The number of nitrogens with zero attached hydrogens (tertiary/aromatic N) is 2. The first kappa shape index (κ1) is 18.9. The summed E-state index contributed by atoms with van der Waals surface area (Å²) in [5.41, 5.74) is 0.705. The van der Waals surface area contributed by atoms with Crippen molar-refractivity contribution >= 4 is 55.2 Å². The number of hydrogen-bond donors (Lipinski definition) is 2. The first-order valence-electron chi connectivity index (χ1n) is 7.57. The van der Waals surface area contributed by atoms with Crippen molar-refractivity contribution in [2.24, 2.45) is 0 Å². The molecule has 0 unspecified atom stereocenters. The third-order valence-corrected chi connectivity index (χ3v) is 5.20. The Labute approximate surface area is 171 Å². The number of anilines is 1. The van der Waals surface area contributed by atoms with Gasteiger partial charge in [-0.1, -0.05) is 45.9 Å². The van der Waals surface area contributed by atoms with Gasteiger partial charge in [0.15, 0.2) is 5.82 Å². The summed E-state index contributed by atoms with van der Waals surface area (Å²) in [7, 11) is 0. The van der Waals surface area contributed by atoms with Crippen LogP contribution in [0.1, 0.15) is 5.82 Å². The van der Waals surface area contributed by atoms with Crippen molar-refractivity contribution in [2.75, 3.05) is 11.1 Å². The second-order valence-corrected chi connectivity index (χ2v) is 7.84. The number of H-pyrrole nitrogens is 1. The van der Waals surface area contributed by atoms with Crippen molar-refractivity contribution in [3.8, 4) is 5.75 Å². The Balaban J connectivity index is 1.48. The minimum atomic E-state index is -0.138. The lowest BCUT2D eigenvalue weighted by atomic mass is 10.3. The number of halogens is 2. The molecule has 6 nitrogen and oxygen atoms in total. The summed E-state index contributed by atoms with van der Waals surface area (Å²) in [6, 6.07) is 15.1. The van der Waals surface area contributed by atoms with Crippen molar-refractivity contribution in [1.29, 1.82) is 0 Å². The van der Waals surface area contributed by atoms with E-state index in [2.05, 4.69) is 52.4 Å². The van der Waals surface area contributed by atoms with Crippen molar-refractivity contribution in [2.45, 2.75) is 11.8 Å². The molecule has 0 radical (unpaired) electrons. The number of rotatable bonds is 7. The Morgan fingerprint density at radius 1 is 1.19 bits per heavy atom. The quantitative estimate of drug-likeness (QED) is 0.465. The van der Waals surface area contributed by atoms with Crippen LogP contribution in [0.3, 0.4) is 0 Å². The third kappa shape index (κ3) is 5.58. The smallest absolute Gasteiger partial charge is 0.234 e. The molecule has 0 aliphatic rings. The number of ether oxygens (including phenoxy) is 1. The van der Waals surface area contributed by atoms with E-state index in [1.165, 1.54) is 11.8 Å². The second kappa shape index (κ2) is 9.20. The van der Waals surface area contributed by atoms with Gasteiger partial charge in [-0.3, -0.25) is 9.89 Å². The zero-order valence-electron chi connectivity index (χ0n) is 13.4. The van der Waals surface area contributed by atoms with Crippen LogP contribution in [0.4, 0.5) is 5.69 Å². The fourth-order valence-electron chi connectivity index (χ4n) is 1.98. The number of amides is 1. The van der Waals surface area contributed by atoms with Gasteiger partial charge in [0.2, 0.25) is 11.1 Å². The highest BCUT2D eigenvalue weighted by Crippen LogP contribution is 2.26. The van der Waals surface area contributed by atoms with Crippen molar-refractivity contribution in [3.05, 3.63) is 63.3 Å². The highest BCUT2D eigenvalue weighted by Gasteiger charge is 2.10. The number of thioether (sulfide) groups is 1. The molecule has 0 fully saturated rings. The molecule has 0 atom stereocenters. The molecule has 0 bridgehead atoms. The zero-order valence-corrected chi connectivity index (χ0v) is 17.4. The normalized spacial score (nSPS) is 10.5. The maximum atomic E-state index is 12.1. The monoisotopic (exact) mass is 496 g/mol. The van der Waals surface area contributed by atoms with E-state index >= 15 is 0 Å². The molecule has 134 valence electrons. The predicted octanol–water partition coefficient (Wildman–Crippen LogP) is 4.64. The number of benzene rings is 2. The number of carbonyl (C=O) groups excluding carboxylic acids is 1. The minimum absolute atomic E-state index is 0.138. The molecule has 3 rings (SSSR count). The van der Waals surface area contributed by atoms with Crippen LogP contribution >= 0.6 is 43.6 Å². The van der Waals surface area contributed by atoms with E-state index in [4.69, 9.17) is 4.74 Å². The van der Waals surface area contributed by atoms with Gasteiger partial charge in [0.05, 0.1) is 11.4 Å². The molecule has 0 saturated carbocycles. The molecule has 0 aliphatic carbocycles. The second-order valence-electron chi connectivity index (χ2n) is 5.13. The number of carbonyl (C=O) groups is 1. The molecule has 0 aliphatic heterocycles. The number of para-hydroxylation sites is 1. The summed E-state index contributed by atoms with van der Waals surface area (Å²) in [4.78, 5) is 16.4. The van der Waals surface area contributed by atoms with Crippen LogP contribution in [0.2, 0.25) is 0 Å². The summed E-state index contributed by atoms with van der Waals surface area (Å²) in [5.74, 6) is 1.43. The molecular weight excluding hydrogens is 484 g/mol. The van der Waals surface area contributed by atoms with E-state index in [0.717, 1.165) is 14.7 Å². The van der Waals surface area contributed by atoms with Gasteiger partial charge in [-0.15, -0.1) is 5.10 Å². The van der Waals surface area contributed by atoms with Crippen LogP contribution < -0.4 is 10.1 Å². The number of aromatic nitrogens is 3. The van der Waals surface area contributed by atoms with Gasteiger partial charge in [-0.2, -0.15) is 0 Å². The van der Waals surface area contributed by atoms with E-state index in [0.29, 0.717) is 16.7 Å². The standard InChI is InChI=1S/C17H14Br2N4O2S/c18-11-6-7-13(19)14(8-11)20-16(24)10-26-17-21-15(22-23-17)9-25-12-4-2-1-3-5-12/h1-8H,9-10H2,(H,20,24)(H,21,22,23). The maximum absolute atomic E-state index is 12.1. The van der Waals surface area contributed by atoms with E-state index in [9.17, 15) is 4.79 Å². The van der Waals surface area contributed by atoms with Crippen LogP contribution in [0.5, 0.6) is 5.75 Å². The van der Waals surface area contributed by atoms with E-state index in [-0.39, 0.29) is 18.3 Å². The van der Waals surface area contributed by atoms with Crippen LogP contribution in [0.15, 0.2) is 62.6 Å². The number of nitrogens with one attached hydrogen (secondary N) is 2. The summed E-state index contributed by atoms with van der Waals surface area (Å²) >= 11 is 8.04. The fourth-order valence-corrected chi connectivity index (χ4v) is 3.31. The molecule has 0 saturated heterocycles. The van der Waals surface area contributed by atoms with Gasteiger partial charge in [0.1, 0.15) is 12.4 Å². The number of hydrogen-bond acceptors (Lipinski definition) is 5. The molecule has 1 heterocycles.